The molecule has 1 rings (SSSR count). The molecular weight excluding hydrogens is 130 g/mol. The minimum Gasteiger partial charge on any atom is -0.482 e. The fourth-order valence-corrected chi connectivity index (χ4v) is 0.612. The summed E-state index contributed by atoms with van der Waals surface area (Å²) in [7, 11) is 3.16. The number of ether oxygens (including phenoxy) is 2. The van der Waals surface area contributed by atoms with Gasteiger partial charge in [0.15, 0.2) is 5.88 Å². The van der Waals surface area contributed by atoms with Crippen LogP contribution in [0.15, 0.2) is 29.6 Å². The molecule has 1 aliphatic rings. The van der Waals surface area contributed by atoms with Crippen LogP contribution in [0, 0.1) is 0 Å². The van der Waals surface area contributed by atoms with E-state index in [1.165, 1.54) is 0 Å². The topological polar surface area (TPSA) is 30.5 Å². The van der Waals surface area contributed by atoms with Gasteiger partial charge in [0.1, 0.15) is 0 Å². The number of nitrogens with one attached hydrogen (secondary N) is 1. The van der Waals surface area contributed by atoms with Crippen LogP contribution in [-0.4, -0.2) is 14.2 Å². The summed E-state index contributed by atoms with van der Waals surface area (Å²) in [4.78, 5) is 0. The van der Waals surface area contributed by atoms with Gasteiger partial charge in [0.05, 0.1) is 14.2 Å². The lowest BCUT2D eigenvalue weighted by atomic mass is 10.4. The summed E-state index contributed by atoms with van der Waals surface area (Å²) in [6.45, 7) is 0. The van der Waals surface area contributed by atoms with Crippen LogP contribution in [0.4, 0.5) is 0 Å². The standard InChI is InChI=1S/C7H9NO2/c1-9-6-4-3-5-7(8-6)10-2/h3-4,8H,1-2H3. The summed E-state index contributed by atoms with van der Waals surface area (Å²) in [5.74, 6) is 1.23. The lowest BCUT2D eigenvalue weighted by molar-refractivity contribution is 0.216. The first-order chi connectivity index (χ1) is 4.86. The summed E-state index contributed by atoms with van der Waals surface area (Å²) in [6, 6.07) is 0. The molecule has 1 aliphatic heterocycles. The fraction of sp³-hybridized carbons (Fsp3) is 0.286. The third-order valence-corrected chi connectivity index (χ3v) is 1.11. The molecule has 0 saturated carbocycles. The molecule has 10 heavy (non-hydrogen) atoms. The van der Waals surface area contributed by atoms with Gasteiger partial charge >= 0.3 is 0 Å². The molecule has 3 nitrogen and oxygen atoms in total. The molecule has 1 N–H and O–H groups in total. The lowest BCUT2D eigenvalue weighted by Gasteiger charge is -2.10. The molecule has 0 bridgehead atoms. The van der Waals surface area contributed by atoms with Crippen LogP contribution in [0.25, 0.3) is 0 Å². The van der Waals surface area contributed by atoms with Gasteiger partial charge in [0.2, 0.25) is 5.88 Å². The summed E-state index contributed by atoms with van der Waals surface area (Å²) in [5, 5.41) is 2.84. The van der Waals surface area contributed by atoms with Gasteiger partial charge in [-0.3, -0.25) is 5.32 Å². The average molecular weight is 139 g/mol. The quantitative estimate of drug-likeness (QED) is 0.572. The third kappa shape index (κ3) is 1.33. The van der Waals surface area contributed by atoms with E-state index in [4.69, 9.17) is 9.47 Å². The Labute approximate surface area is 59.6 Å². The molecule has 0 unspecified atom stereocenters. The Morgan fingerprint density at radius 3 is 2.80 bits per heavy atom. The molecule has 0 aromatic carbocycles. The largest absolute Gasteiger partial charge is 0.482 e. The molecule has 1 heterocycles. The highest BCUT2D eigenvalue weighted by Crippen LogP contribution is 2.00. The van der Waals surface area contributed by atoms with Crippen LogP contribution in [0.3, 0.4) is 0 Å². The van der Waals surface area contributed by atoms with Crippen molar-refractivity contribution in [2.24, 2.45) is 0 Å². The predicted octanol–water partition coefficient (Wildman–Crippen LogP) is 0.720. The molecule has 3 heteroatoms. The normalized spacial score (nSPS) is 15.0. The molecular formula is C7H9NO2. The monoisotopic (exact) mass is 139 g/mol. The van der Waals surface area contributed by atoms with E-state index in [-0.39, 0.29) is 0 Å². The first-order valence-corrected chi connectivity index (χ1v) is 2.89. The van der Waals surface area contributed by atoms with E-state index < -0.39 is 0 Å². The van der Waals surface area contributed by atoms with E-state index in [9.17, 15) is 0 Å². The summed E-state index contributed by atoms with van der Waals surface area (Å²) in [5.41, 5.74) is 2.84. The molecule has 0 aromatic rings. The van der Waals surface area contributed by atoms with Gasteiger partial charge in [-0.2, -0.15) is 0 Å². The van der Waals surface area contributed by atoms with Crippen molar-refractivity contribution in [3.05, 3.63) is 29.6 Å². The predicted molar refractivity (Wildman–Crippen MR) is 36.8 cm³/mol. The van der Waals surface area contributed by atoms with Gasteiger partial charge in [-0.25, -0.2) is 0 Å². The van der Waals surface area contributed by atoms with Crippen molar-refractivity contribution in [3.63, 3.8) is 0 Å². The first-order valence-electron chi connectivity index (χ1n) is 2.89. The first kappa shape index (κ1) is 6.78. The van der Waals surface area contributed by atoms with E-state index in [0.717, 1.165) is 0 Å². The van der Waals surface area contributed by atoms with Crippen molar-refractivity contribution in [2.45, 2.75) is 0 Å². The Bertz CT molecular complexity index is 212. The molecule has 0 amide bonds. The number of allylic oxidation sites excluding steroid dienone is 2. The molecule has 0 aliphatic carbocycles. The zero-order valence-corrected chi connectivity index (χ0v) is 5.97. The van der Waals surface area contributed by atoms with Crippen molar-refractivity contribution in [1.29, 1.82) is 0 Å². The van der Waals surface area contributed by atoms with Crippen LogP contribution >= 0.6 is 0 Å². The number of methoxy groups -OCH3 is 2. The van der Waals surface area contributed by atoms with Crippen molar-refractivity contribution in [3.8, 4) is 0 Å². The highest BCUT2D eigenvalue weighted by molar-refractivity contribution is 5.15. The van der Waals surface area contributed by atoms with E-state index in [2.05, 4.69) is 11.0 Å². The fourth-order valence-electron chi connectivity index (χ4n) is 0.612. The summed E-state index contributed by atoms with van der Waals surface area (Å²) >= 11 is 0. The van der Waals surface area contributed by atoms with Crippen molar-refractivity contribution < 1.29 is 9.47 Å². The highest BCUT2D eigenvalue weighted by Gasteiger charge is 2.00. The zero-order chi connectivity index (χ0) is 7.40. The van der Waals surface area contributed by atoms with Crippen LogP contribution in [0.2, 0.25) is 0 Å². The third-order valence-electron chi connectivity index (χ3n) is 1.11. The molecule has 0 saturated heterocycles. The maximum atomic E-state index is 4.90. The van der Waals surface area contributed by atoms with Gasteiger partial charge in [-0.15, -0.1) is 0 Å². The Morgan fingerprint density at radius 2 is 2.20 bits per heavy atom. The van der Waals surface area contributed by atoms with Crippen LogP contribution in [0.1, 0.15) is 0 Å². The Hall–Kier alpha value is -1.34. The van der Waals surface area contributed by atoms with Gasteiger partial charge in [-0.05, 0) is 6.08 Å². The minimum atomic E-state index is 0.569. The molecule has 0 aromatic heterocycles. The number of hydrogen-bond donors (Lipinski definition) is 1. The van der Waals surface area contributed by atoms with Crippen LogP contribution < -0.4 is 5.32 Å². The smallest absolute Gasteiger partial charge is 0.239 e. The molecule has 0 radical (unpaired) electrons. The van der Waals surface area contributed by atoms with E-state index in [0.29, 0.717) is 11.8 Å². The van der Waals surface area contributed by atoms with Crippen LogP contribution in [-0.2, 0) is 9.47 Å². The van der Waals surface area contributed by atoms with Gasteiger partial charge in [0, 0.05) is 6.08 Å². The summed E-state index contributed by atoms with van der Waals surface area (Å²) < 4.78 is 9.77. The second-order valence-electron chi connectivity index (χ2n) is 1.70. The molecule has 0 fully saturated rings. The SMILES string of the molecule is COC1=C=CC=C(OC)N1. The van der Waals surface area contributed by atoms with Crippen LogP contribution in [0.5, 0.6) is 0 Å². The maximum absolute atomic E-state index is 4.90. The maximum Gasteiger partial charge on any atom is 0.239 e. The van der Waals surface area contributed by atoms with E-state index >= 15 is 0 Å². The number of rotatable bonds is 2. The van der Waals surface area contributed by atoms with Gasteiger partial charge < -0.3 is 9.47 Å². The minimum absolute atomic E-state index is 0.569. The van der Waals surface area contributed by atoms with E-state index in [1.54, 1.807) is 26.4 Å². The Balaban J connectivity index is 2.66. The number of hydrogen-bond acceptors (Lipinski definition) is 3. The average Bonchev–Trinajstić information content (AvgIpc) is 2.05. The molecule has 0 spiro atoms. The van der Waals surface area contributed by atoms with E-state index in [1.807, 2.05) is 0 Å². The Morgan fingerprint density at radius 1 is 1.40 bits per heavy atom. The molecule has 54 valence electrons. The summed E-state index contributed by atoms with van der Waals surface area (Å²) in [6.07, 6.45) is 3.50. The second-order valence-corrected chi connectivity index (χ2v) is 1.70. The highest BCUT2D eigenvalue weighted by atomic mass is 16.5. The lowest BCUT2D eigenvalue weighted by Crippen LogP contribution is -2.16. The van der Waals surface area contributed by atoms with Gasteiger partial charge in [0.25, 0.3) is 0 Å². The molecule has 0 atom stereocenters. The van der Waals surface area contributed by atoms with Crippen molar-refractivity contribution in [2.75, 3.05) is 14.2 Å². The zero-order valence-electron chi connectivity index (χ0n) is 5.97. The van der Waals surface area contributed by atoms with Gasteiger partial charge in [-0.1, -0.05) is 5.73 Å². The Kier molecular flexibility index (Phi) is 2.03. The second kappa shape index (κ2) is 2.99. The van der Waals surface area contributed by atoms with Crippen molar-refractivity contribution in [1.82, 2.24) is 5.32 Å². The van der Waals surface area contributed by atoms with Crippen molar-refractivity contribution >= 4 is 0 Å².